The Morgan fingerprint density at radius 1 is 0.444 bits per heavy atom. The molecule has 26 nitrogen and oxygen atoms in total. The standard InChI is InChI=1S/C45H40N8O5.C25H19IN4O2.C20H22N4O3/c54-42-11-10-41(44(55)50-42)53-27-30-20-32(6-9-36(30)45(53)56)52-18-16-51(17-19-52)15-1-2-31-5-7-33(25-47-31)57-34-22-35(23-34)58-43-12-4-29(24-48-43)28-3-8-37-38-26-46-14-13-39(38)49-40(37)21-28;26-24-5-3-17(13-28-24)31-18-10-19(11-18)32-25-6-2-16(12-29-25)15-1-4-20-21-14-27-8-7-22(21)30-23(20)9-15;1-2-7-22-8-10-23(11-9-22)15-3-4-16-14(12-15)13-24(20(16)27)17-5-6-18(25)21-19(17)26/h3-9,12-14,20-21,24-26,34-35,41,49H,10-11,15-19,22-23,27H2,(H,50,54,55);1-9,12-14,18-19,30H,10-11H2;1,3-4,12,17H,5-11,13H2,(H,21,25,26). The van der Waals surface area contributed by atoms with Crippen LogP contribution in [0.5, 0.6) is 23.3 Å². The summed E-state index contributed by atoms with van der Waals surface area (Å²) in [6.07, 6.45) is 24.9. The maximum Gasteiger partial charge on any atom is 0.255 e. The van der Waals surface area contributed by atoms with E-state index in [-0.39, 0.29) is 66.8 Å². The third kappa shape index (κ3) is 16.6. The number of imide groups is 2. The number of pyridine rings is 6. The average molecular weight is 1670 g/mol. The number of H-pyrrole nitrogens is 2. The Labute approximate surface area is 687 Å². The van der Waals surface area contributed by atoms with Gasteiger partial charge in [-0.05, 0) is 161 Å². The van der Waals surface area contributed by atoms with Crippen LogP contribution in [0.4, 0.5) is 11.4 Å². The second-order valence-electron chi connectivity index (χ2n) is 30.5. The molecule has 0 bridgehead atoms. The Bertz CT molecular complexity index is 5920. The highest BCUT2D eigenvalue weighted by Crippen LogP contribution is 2.38. The van der Waals surface area contributed by atoms with E-state index in [1.807, 2.05) is 104 Å². The summed E-state index contributed by atoms with van der Waals surface area (Å²) in [5, 5.41) is 9.28. The minimum atomic E-state index is -0.609. The highest BCUT2D eigenvalue weighted by molar-refractivity contribution is 14.1. The van der Waals surface area contributed by atoms with E-state index in [1.165, 1.54) is 5.39 Å². The Balaban J connectivity index is 0.000000134. The van der Waals surface area contributed by atoms with Gasteiger partial charge < -0.3 is 48.5 Å². The number of piperidine rings is 2. The van der Waals surface area contributed by atoms with E-state index in [0.717, 1.165) is 176 Å². The summed E-state index contributed by atoms with van der Waals surface area (Å²) in [7, 11) is 0. The fourth-order valence-corrected chi connectivity index (χ4v) is 16.7. The predicted molar refractivity (Wildman–Crippen MR) is 449 cm³/mol. The molecule has 6 fully saturated rings. The van der Waals surface area contributed by atoms with Crippen LogP contribution in [0.1, 0.15) is 88.9 Å². The van der Waals surface area contributed by atoms with E-state index >= 15 is 0 Å². The van der Waals surface area contributed by atoms with Crippen molar-refractivity contribution in [3.63, 3.8) is 0 Å². The van der Waals surface area contributed by atoms with Crippen LogP contribution in [0.25, 0.3) is 65.9 Å². The summed E-state index contributed by atoms with van der Waals surface area (Å²) < 4.78 is 25.2. The van der Waals surface area contributed by atoms with Gasteiger partial charge in [0.05, 0.1) is 25.5 Å². The van der Waals surface area contributed by atoms with E-state index in [2.05, 4.69) is 165 Å². The number of rotatable bonds is 16. The molecule has 588 valence electrons. The van der Waals surface area contributed by atoms with Gasteiger partial charge in [0.1, 0.15) is 57.4 Å². The average Bonchev–Trinajstić information content (AvgIpc) is 1.65. The Morgan fingerprint density at radius 3 is 1.36 bits per heavy atom. The zero-order chi connectivity index (χ0) is 79.6. The lowest BCUT2D eigenvalue weighted by Gasteiger charge is -2.35. The van der Waals surface area contributed by atoms with E-state index in [4.69, 9.17) is 25.4 Å². The molecule has 2 aliphatic carbocycles. The molecular formula is C90H81IN16O10. The number of terminal acetylenes is 1. The van der Waals surface area contributed by atoms with Gasteiger partial charge >= 0.3 is 0 Å². The Morgan fingerprint density at radius 2 is 0.915 bits per heavy atom. The highest BCUT2D eigenvalue weighted by Gasteiger charge is 2.42. The minimum Gasteiger partial charge on any atom is -0.489 e. The number of carbonyl (C=O) groups is 6. The molecule has 117 heavy (non-hydrogen) atoms. The molecule has 0 spiro atoms. The van der Waals surface area contributed by atoms with Gasteiger partial charge in [0.25, 0.3) is 11.8 Å². The number of aromatic amines is 2. The van der Waals surface area contributed by atoms with Crippen LogP contribution < -0.4 is 39.4 Å². The molecule has 4 saturated heterocycles. The molecule has 2 unspecified atom stereocenters. The fraction of sp³-hybridized carbons (Fsp3) is 0.289. The first-order valence-electron chi connectivity index (χ1n) is 39.5. The number of carbonyl (C=O) groups excluding carboxylic acids is 6. The largest absolute Gasteiger partial charge is 0.489 e. The number of piperazine rings is 2. The molecule has 8 aliphatic rings. The molecule has 20 rings (SSSR count). The lowest BCUT2D eigenvalue weighted by Crippen LogP contribution is -2.52. The van der Waals surface area contributed by atoms with Gasteiger partial charge in [-0.2, -0.15) is 0 Å². The quantitative estimate of drug-likeness (QED) is 0.0302. The fourth-order valence-electron chi connectivity index (χ4n) is 16.4. The maximum absolute atomic E-state index is 13.1. The van der Waals surface area contributed by atoms with Crippen molar-refractivity contribution in [3.05, 3.63) is 215 Å². The van der Waals surface area contributed by atoms with Crippen LogP contribution in [0, 0.1) is 27.9 Å². The van der Waals surface area contributed by atoms with Gasteiger partial charge in [-0.25, -0.2) is 19.9 Å². The smallest absolute Gasteiger partial charge is 0.255 e. The van der Waals surface area contributed by atoms with Crippen molar-refractivity contribution >= 4 is 113 Å². The molecular weight excluding hydrogens is 1590 g/mol. The van der Waals surface area contributed by atoms with E-state index < -0.39 is 18.0 Å². The van der Waals surface area contributed by atoms with Crippen molar-refractivity contribution in [2.24, 2.45) is 0 Å². The number of halogens is 1. The number of nitrogens with one attached hydrogen (secondary N) is 4. The second-order valence-corrected chi connectivity index (χ2v) is 31.6. The number of ether oxygens (including phenoxy) is 4. The van der Waals surface area contributed by atoms with Crippen LogP contribution in [0.15, 0.2) is 183 Å². The monoisotopic (exact) mass is 1670 g/mol. The third-order valence-corrected chi connectivity index (χ3v) is 23.6. The van der Waals surface area contributed by atoms with Gasteiger partial charge in [-0.3, -0.25) is 59.2 Å². The van der Waals surface area contributed by atoms with Crippen LogP contribution in [-0.2, 0) is 32.3 Å². The Hall–Kier alpha value is -12.8. The molecule has 4 N–H and O–H groups in total. The highest BCUT2D eigenvalue weighted by atomic mass is 127. The molecule has 2 saturated carbocycles. The summed E-state index contributed by atoms with van der Waals surface area (Å²) in [6, 6.07) is 43.0. The molecule has 4 aromatic carbocycles. The molecule has 8 aromatic heterocycles. The predicted octanol–water partition coefficient (Wildman–Crippen LogP) is 11.1. The summed E-state index contributed by atoms with van der Waals surface area (Å²) in [5.74, 6) is 10.3. The van der Waals surface area contributed by atoms with Crippen LogP contribution >= 0.6 is 22.6 Å². The first kappa shape index (κ1) is 75.5. The van der Waals surface area contributed by atoms with E-state index in [9.17, 15) is 28.8 Å². The Kier molecular flexibility index (Phi) is 21.4. The molecule has 12 aromatic rings. The number of aromatic nitrogens is 8. The van der Waals surface area contributed by atoms with Crippen molar-refractivity contribution in [2.45, 2.75) is 101 Å². The number of amides is 6. The van der Waals surface area contributed by atoms with Crippen molar-refractivity contribution < 1.29 is 47.7 Å². The van der Waals surface area contributed by atoms with Crippen LogP contribution in [-0.4, -0.2) is 197 Å². The maximum atomic E-state index is 13.1. The number of hydrogen-bond donors (Lipinski definition) is 4. The number of benzene rings is 4. The summed E-state index contributed by atoms with van der Waals surface area (Å²) >= 11 is 2.18. The van der Waals surface area contributed by atoms with Gasteiger partial charge in [0.2, 0.25) is 35.4 Å². The zero-order valence-corrected chi connectivity index (χ0v) is 66.0. The van der Waals surface area contributed by atoms with Crippen LogP contribution in [0.3, 0.4) is 0 Å². The topological polar surface area (TPSA) is 292 Å². The second kappa shape index (κ2) is 33.2. The zero-order valence-electron chi connectivity index (χ0n) is 63.8. The van der Waals surface area contributed by atoms with Gasteiger partial charge in [0, 0.05) is 231 Å². The van der Waals surface area contributed by atoms with Crippen LogP contribution in [0.2, 0.25) is 0 Å². The summed E-state index contributed by atoms with van der Waals surface area (Å²) in [6.45, 7) is 9.14. The third-order valence-electron chi connectivity index (χ3n) is 23.0. The molecule has 2 atom stereocenters. The van der Waals surface area contributed by atoms with Crippen molar-refractivity contribution in [1.29, 1.82) is 0 Å². The SMILES string of the molecule is C#CCN1CCN(c2ccc3c(c2)CN(C2CCC(=O)NC2=O)C3=O)CC1.Ic1ccc(OC2CC(Oc3ccc(-c4ccc5c(c4)[nH]c4ccncc45)cn3)C2)cn1.O=C1CCC(N2Cc3cc(N4CCN(CC#Cc5ccc(OC6CC(Oc7ccc(-c8ccc9c(c8)[nH]c8ccncc89)cn7)C6)cn5)CC4)ccc3C2=O)C(=O)N1. The van der Waals surface area contributed by atoms with Gasteiger partial charge in [-0.1, -0.05) is 36.1 Å². The van der Waals surface area contributed by atoms with Crippen molar-refractivity contribution in [3.8, 4) is 69.7 Å². The van der Waals surface area contributed by atoms with Gasteiger partial charge in [0.15, 0.2) is 0 Å². The van der Waals surface area contributed by atoms with Crippen molar-refractivity contribution in [1.82, 2.24) is 70.1 Å². The number of fused-ring (bicyclic) bond motifs is 8. The lowest BCUT2D eigenvalue weighted by molar-refractivity contribution is -0.138. The van der Waals surface area contributed by atoms with Crippen molar-refractivity contribution in [2.75, 3.05) is 75.2 Å². The van der Waals surface area contributed by atoms with E-state index in [0.29, 0.717) is 67.6 Å². The normalized spacial score (nSPS) is 20.5. The minimum absolute atomic E-state index is 0.0523. The summed E-state index contributed by atoms with van der Waals surface area (Å²) in [5.41, 5.74) is 14.6. The van der Waals surface area contributed by atoms with Gasteiger partial charge in [-0.15, -0.1) is 6.42 Å². The molecule has 14 heterocycles. The first-order chi connectivity index (χ1) is 57.2. The molecule has 6 amide bonds. The van der Waals surface area contributed by atoms with E-state index in [1.54, 1.807) is 34.6 Å². The first-order valence-corrected chi connectivity index (χ1v) is 40.6. The molecule has 0 radical (unpaired) electrons. The number of hydrogen-bond acceptors (Lipinski definition) is 20. The molecule has 6 aliphatic heterocycles. The number of anilines is 2. The summed E-state index contributed by atoms with van der Waals surface area (Å²) in [4.78, 5) is 119. The lowest BCUT2D eigenvalue weighted by atomic mass is 9.92. The number of nitrogens with zero attached hydrogens (tertiary/aromatic N) is 12. The molecule has 27 heteroatoms.